The Balaban J connectivity index is 1.50. The summed E-state index contributed by atoms with van der Waals surface area (Å²) >= 11 is 0. The first-order valence-corrected chi connectivity index (χ1v) is 10.1. The predicted octanol–water partition coefficient (Wildman–Crippen LogP) is 2.18. The number of aromatic nitrogens is 3. The Morgan fingerprint density at radius 2 is 1.88 bits per heavy atom. The molecule has 0 aliphatic carbocycles. The highest BCUT2D eigenvalue weighted by molar-refractivity contribution is 6.05. The molecule has 1 saturated heterocycles. The van der Waals surface area contributed by atoms with Crippen molar-refractivity contribution in [3.63, 3.8) is 0 Å². The molecule has 1 aromatic carbocycles. The summed E-state index contributed by atoms with van der Waals surface area (Å²) in [7, 11) is 1.99. The molecule has 3 heterocycles. The van der Waals surface area contributed by atoms with Crippen molar-refractivity contribution < 1.29 is 27.9 Å². The number of anilines is 1. The molecule has 2 N–H and O–H groups in total. The second kappa shape index (κ2) is 8.70. The van der Waals surface area contributed by atoms with Gasteiger partial charge in [-0.2, -0.15) is 18.3 Å². The number of aromatic hydroxyl groups is 1. The zero-order chi connectivity index (χ0) is 23.8. The first-order valence-electron chi connectivity index (χ1n) is 10.1. The summed E-state index contributed by atoms with van der Waals surface area (Å²) in [5.74, 6) is -1.31. The standard InChI is InChI=1S/C21H21F3N6O3/c1-28-5-7-29(8-6-28)19(32)12-30-11-13-9-16(17(31)10-15(13)27-30)26-20(33)14-3-2-4-18(25-14)21(22,23)24/h2-4,9-11,31H,5-8,12H2,1H3,(H,26,33). The number of nitrogens with one attached hydrogen (secondary N) is 1. The highest BCUT2D eigenvalue weighted by Crippen LogP contribution is 2.30. The van der Waals surface area contributed by atoms with Crippen molar-refractivity contribution >= 4 is 28.4 Å². The third kappa shape index (κ3) is 5.06. The SMILES string of the molecule is CN1CCN(C(=O)Cn2cc3cc(NC(=O)c4cccc(C(F)(F)F)n4)c(O)cc3n2)CC1. The van der Waals surface area contributed by atoms with Crippen LogP contribution in [-0.2, 0) is 17.5 Å². The van der Waals surface area contributed by atoms with Crippen LogP contribution in [0, 0.1) is 0 Å². The lowest BCUT2D eigenvalue weighted by atomic mass is 10.2. The number of nitrogens with zero attached hydrogens (tertiary/aromatic N) is 5. The fourth-order valence-electron chi connectivity index (χ4n) is 3.49. The maximum Gasteiger partial charge on any atom is 0.433 e. The summed E-state index contributed by atoms with van der Waals surface area (Å²) in [5, 5.41) is 17.5. The molecule has 0 unspecified atom stereocenters. The molecule has 33 heavy (non-hydrogen) atoms. The number of carbonyl (C=O) groups excluding carboxylic acids is 2. The van der Waals surface area contributed by atoms with Gasteiger partial charge in [-0.05, 0) is 25.2 Å². The molecule has 12 heteroatoms. The number of alkyl halides is 3. The molecule has 0 saturated carbocycles. The molecule has 2 amide bonds. The van der Waals surface area contributed by atoms with E-state index in [2.05, 4.69) is 20.3 Å². The summed E-state index contributed by atoms with van der Waals surface area (Å²) in [5.41, 5.74) is -1.26. The topological polar surface area (TPSA) is 104 Å². The predicted molar refractivity (Wildman–Crippen MR) is 113 cm³/mol. The smallest absolute Gasteiger partial charge is 0.433 e. The molecule has 2 aromatic heterocycles. The Morgan fingerprint density at radius 3 is 2.58 bits per heavy atom. The van der Waals surface area contributed by atoms with Crippen LogP contribution in [0.25, 0.3) is 10.9 Å². The van der Waals surface area contributed by atoms with Crippen LogP contribution in [0.5, 0.6) is 5.75 Å². The molecule has 174 valence electrons. The van der Waals surface area contributed by atoms with Gasteiger partial charge in [-0.25, -0.2) is 4.98 Å². The summed E-state index contributed by atoms with van der Waals surface area (Å²) in [4.78, 5) is 32.2. The molecule has 0 spiro atoms. The van der Waals surface area contributed by atoms with Crippen LogP contribution < -0.4 is 5.32 Å². The van der Waals surface area contributed by atoms with Crippen molar-refractivity contribution in [2.24, 2.45) is 0 Å². The highest BCUT2D eigenvalue weighted by Gasteiger charge is 2.33. The summed E-state index contributed by atoms with van der Waals surface area (Å²) in [6.07, 6.45) is -3.09. The molecule has 0 bridgehead atoms. The van der Waals surface area contributed by atoms with Gasteiger partial charge in [0.2, 0.25) is 5.91 Å². The van der Waals surface area contributed by atoms with Gasteiger partial charge in [-0.3, -0.25) is 14.3 Å². The third-order valence-electron chi connectivity index (χ3n) is 5.34. The van der Waals surface area contributed by atoms with Crippen LogP contribution in [0.3, 0.4) is 0 Å². The Kier molecular flexibility index (Phi) is 5.93. The molecule has 3 aromatic rings. The van der Waals surface area contributed by atoms with Crippen LogP contribution in [0.1, 0.15) is 16.2 Å². The molecule has 1 aliphatic heterocycles. The number of rotatable bonds is 4. The zero-order valence-corrected chi connectivity index (χ0v) is 17.6. The van der Waals surface area contributed by atoms with Crippen LogP contribution in [0.4, 0.5) is 18.9 Å². The minimum atomic E-state index is -4.69. The number of piperazine rings is 1. The normalized spacial score (nSPS) is 15.1. The van der Waals surface area contributed by atoms with E-state index in [-0.39, 0.29) is 23.9 Å². The number of fused-ring (bicyclic) bond motifs is 1. The number of hydrogen-bond donors (Lipinski definition) is 2. The monoisotopic (exact) mass is 462 g/mol. The van der Waals surface area contributed by atoms with Gasteiger partial charge in [0, 0.05) is 43.8 Å². The lowest BCUT2D eigenvalue weighted by Gasteiger charge is -2.32. The van der Waals surface area contributed by atoms with Crippen LogP contribution in [0.15, 0.2) is 36.5 Å². The van der Waals surface area contributed by atoms with Crippen LogP contribution in [-0.4, -0.2) is 74.7 Å². The fraction of sp³-hybridized carbons (Fsp3) is 0.333. The van der Waals surface area contributed by atoms with E-state index < -0.39 is 23.5 Å². The van der Waals surface area contributed by atoms with E-state index in [0.717, 1.165) is 31.3 Å². The van der Waals surface area contributed by atoms with Crippen molar-refractivity contribution in [2.45, 2.75) is 12.7 Å². The lowest BCUT2D eigenvalue weighted by Crippen LogP contribution is -2.48. The number of halogens is 3. The number of pyridine rings is 1. The largest absolute Gasteiger partial charge is 0.506 e. The van der Waals surface area contributed by atoms with E-state index in [1.54, 1.807) is 11.1 Å². The second-order valence-corrected chi connectivity index (χ2v) is 7.80. The average Bonchev–Trinajstić information content (AvgIpc) is 3.14. The van der Waals surface area contributed by atoms with Crippen molar-refractivity contribution in [1.29, 1.82) is 0 Å². The minimum absolute atomic E-state index is 0.0170. The zero-order valence-electron chi connectivity index (χ0n) is 17.6. The van der Waals surface area contributed by atoms with Crippen LogP contribution in [0.2, 0.25) is 0 Å². The Labute approximate surface area is 186 Å². The summed E-state index contributed by atoms with van der Waals surface area (Å²) < 4.78 is 40.0. The number of carbonyl (C=O) groups is 2. The summed E-state index contributed by atoms with van der Waals surface area (Å²) in [6, 6.07) is 5.72. The molecule has 1 aliphatic rings. The van der Waals surface area contributed by atoms with Gasteiger partial charge < -0.3 is 20.2 Å². The minimum Gasteiger partial charge on any atom is -0.506 e. The van der Waals surface area contributed by atoms with Gasteiger partial charge in [0.1, 0.15) is 23.7 Å². The maximum absolute atomic E-state index is 12.9. The fourth-order valence-corrected chi connectivity index (χ4v) is 3.49. The first kappa shape index (κ1) is 22.5. The Bertz CT molecular complexity index is 1200. The Morgan fingerprint density at radius 1 is 1.15 bits per heavy atom. The van der Waals surface area contributed by atoms with Gasteiger partial charge in [-0.1, -0.05) is 6.07 Å². The highest BCUT2D eigenvalue weighted by atomic mass is 19.4. The van der Waals surface area contributed by atoms with Gasteiger partial charge in [0.25, 0.3) is 5.91 Å². The van der Waals surface area contributed by atoms with Crippen molar-refractivity contribution in [2.75, 3.05) is 38.5 Å². The van der Waals surface area contributed by atoms with Crippen LogP contribution >= 0.6 is 0 Å². The maximum atomic E-state index is 12.9. The molecule has 1 fully saturated rings. The van der Waals surface area contributed by atoms with Gasteiger partial charge in [0.15, 0.2) is 0 Å². The van der Waals surface area contributed by atoms with E-state index in [9.17, 15) is 27.9 Å². The van der Waals surface area contributed by atoms with Gasteiger partial charge in [0.05, 0.1) is 11.2 Å². The van der Waals surface area contributed by atoms with E-state index >= 15 is 0 Å². The van der Waals surface area contributed by atoms with E-state index in [1.807, 2.05) is 7.05 Å². The molecule has 0 atom stereocenters. The second-order valence-electron chi connectivity index (χ2n) is 7.80. The number of likely N-dealkylation sites (N-methyl/N-ethyl adjacent to an activating group) is 1. The molecule has 0 radical (unpaired) electrons. The number of phenols is 1. The quantitative estimate of drug-likeness (QED) is 0.576. The van der Waals surface area contributed by atoms with Gasteiger partial charge >= 0.3 is 6.18 Å². The van der Waals surface area contributed by atoms with E-state index in [4.69, 9.17) is 0 Å². The Hall–Kier alpha value is -3.67. The van der Waals surface area contributed by atoms with Crippen molar-refractivity contribution in [3.05, 3.63) is 47.9 Å². The number of benzene rings is 1. The molecule has 4 rings (SSSR count). The van der Waals surface area contributed by atoms with Crippen molar-refractivity contribution in [1.82, 2.24) is 24.6 Å². The van der Waals surface area contributed by atoms with Crippen molar-refractivity contribution in [3.8, 4) is 5.75 Å². The molecular formula is C21H21F3N6O3. The average molecular weight is 462 g/mol. The molecular weight excluding hydrogens is 441 g/mol. The molecule has 9 nitrogen and oxygen atoms in total. The van der Waals surface area contributed by atoms with Gasteiger partial charge in [-0.15, -0.1) is 0 Å². The number of hydrogen-bond acceptors (Lipinski definition) is 6. The first-order chi connectivity index (χ1) is 15.6. The number of amides is 2. The summed E-state index contributed by atoms with van der Waals surface area (Å²) in [6.45, 7) is 2.89. The van der Waals surface area contributed by atoms with E-state index in [0.29, 0.717) is 24.0 Å². The number of phenolic OH excluding ortho intramolecular Hbond substituents is 1. The third-order valence-corrected chi connectivity index (χ3v) is 5.34. The van der Waals surface area contributed by atoms with E-state index in [1.165, 1.54) is 16.8 Å². The lowest BCUT2D eigenvalue weighted by molar-refractivity contribution is -0.141.